The van der Waals surface area contributed by atoms with E-state index in [4.69, 9.17) is 9.47 Å². The minimum absolute atomic E-state index is 0.167. The van der Waals surface area contributed by atoms with E-state index >= 15 is 0 Å². The number of para-hydroxylation sites is 1. The minimum Gasteiger partial charge on any atom is -0.378 e. The molecule has 0 radical (unpaired) electrons. The summed E-state index contributed by atoms with van der Waals surface area (Å²) >= 11 is 0. The molecule has 2 aliphatic rings. The molecule has 0 saturated carbocycles. The molecule has 2 heterocycles. The molecule has 0 spiro atoms. The van der Waals surface area contributed by atoms with Crippen molar-refractivity contribution in [3.63, 3.8) is 0 Å². The maximum Gasteiger partial charge on any atom is 0.256 e. The topological polar surface area (TPSA) is 126 Å². The van der Waals surface area contributed by atoms with Crippen LogP contribution in [0.5, 0.6) is 0 Å². The van der Waals surface area contributed by atoms with Gasteiger partial charge >= 0.3 is 0 Å². The quantitative estimate of drug-likeness (QED) is 0.567. The Kier molecular flexibility index (Phi) is 8.41. The van der Waals surface area contributed by atoms with Crippen molar-refractivity contribution in [1.82, 2.24) is 9.80 Å². The molecule has 0 aromatic heterocycles. The first-order valence-corrected chi connectivity index (χ1v) is 13.8. The highest BCUT2D eigenvalue weighted by molar-refractivity contribution is 7.92. The molecular formula is C25H30N4O7S. The number of rotatable bonds is 7. The van der Waals surface area contributed by atoms with E-state index in [1.54, 1.807) is 46.2 Å². The predicted octanol–water partition coefficient (Wildman–Crippen LogP) is 1.04. The Morgan fingerprint density at radius 3 is 1.95 bits per heavy atom. The molecule has 0 bridgehead atoms. The lowest BCUT2D eigenvalue weighted by molar-refractivity contribution is -0.114. The van der Waals surface area contributed by atoms with E-state index in [0.717, 1.165) is 10.6 Å². The van der Waals surface area contributed by atoms with Crippen LogP contribution in [0, 0.1) is 0 Å². The summed E-state index contributed by atoms with van der Waals surface area (Å²) in [7, 11) is -3.83. The molecule has 2 fully saturated rings. The van der Waals surface area contributed by atoms with Crippen LogP contribution in [-0.2, 0) is 24.3 Å². The third kappa shape index (κ3) is 6.64. The Balaban J connectivity index is 1.47. The number of carbonyl (C=O) groups is 3. The molecule has 37 heavy (non-hydrogen) atoms. The predicted molar refractivity (Wildman–Crippen MR) is 137 cm³/mol. The zero-order valence-corrected chi connectivity index (χ0v) is 21.4. The zero-order chi connectivity index (χ0) is 26.4. The van der Waals surface area contributed by atoms with Crippen molar-refractivity contribution >= 4 is 39.1 Å². The second-order valence-corrected chi connectivity index (χ2v) is 10.6. The first kappa shape index (κ1) is 26.6. The summed E-state index contributed by atoms with van der Waals surface area (Å²) in [6, 6.07) is 12.7. The Morgan fingerprint density at radius 2 is 1.38 bits per heavy atom. The third-order valence-electron chi connectivity index (χ3n) is 6.12. The highest BCUT2D eigenvalue weighted by atomic mass is 32.2. The fraction of sp³-hybridized carbons (Fsp3) is 0.400. The Labute approximate surface area is 216 Å². The first-order chi connectivity index (χ1) is 17.7. The standard InChI is InChI=1S/C25H30N4O7S/c1-37(33,34)29(20-8-6-19(7-9-20)24(31)27-10-14-35-15-11-27)18-23(30)26-22-5-3-2-4-21(22)25(32)28-12-16-36-17-13-28/h2-9H,10-18H2,1H3,(H,26,30). The van der Waals surface area contributed by atoms with Gasteiger partial charge in [-0.25, -0.2) is 8.42 Å². The van der Waals surface area contributed by atoms with Crippen LogP contribution in [0.15, 0.2) is 48.5 Å². The summed E-state index contributed by atoms with van der Waals surface area (Å²) in [5.41, 5.74) is 1.27. The molecule has 3 amide bonds. The average molecular weight is 531 g/mol. The van der Waals surface area contributed by atoms with Crippen molar-refractivity contribution < 1.29 is 32.3 Å². The van der Waals surface area contributed by atoms with Gasteiger partial charge in [-0.2, -0.15) is 0 Å². The van der Waals surface area contributed by atoms with Crippen molar-refractivity contribution in [2.45, 2.75) is 0 Å². The molecule has 2 aromatic rings. The molecule has 2 aliphatic heterocycles. The van der Waals surface area contributed by atoms with Crippen molar-refractivity contribution in [1.29, 1.82) is 0 Å². The zero-order valence-electron chi connectivity index (χ0n) is 20.6. The SMILES string of the molecule is CS(=O)(=O)N(CC(=O)Nc1ccccc1C(=O)N1CCOCC1)c1ccc(C(=O)N2CCOCC2)cc1. The van der Waals surface area contributed by atoms with Gasteiger partial charge in [0.25, 0.3) is 11.8 Å². The lowest BCUT2D eigenvalue weighted by Gasteiger charge is -2.28. The average Bonchev–Trinajstić information content (AvgIpc) is 2.92. The lowest BCUT2D eigenvalue weighted by atomic mass is 10.1. The first-order valence-electron chi connectivity index (χ1n) is 11.9. The summed E-state index contributed by atoms with van der Waals surface area (Å²) in [5, 5.41) is 2.68. The van der Waals surface area contributed by atoms with Gasteiger partial charge in [-0.1, -0.05) is 12.1 Å². The fourth-order valence-corrected chi connectivity index (χ4v) is 5.01. The van der Waals surface area contributed by atoms with Gasteiger partial charge in [-0.3, -0.25) is 18.7 Å². The molecule has 0 aliphatic carbocycles. The van der Waals surface area contributed by atoms with Gasteiger partial charge in [0.1, 0.15) is 6.54 Å². The number of anilines is 2. The summed E-state index contributed by atoms with van der Waals surface area (Å²) in [4.78, 5) is 41.9. The number of amides is 3. The number of morpholine rings is 2. The highest BCUT2D eigenvalue weighted by Gasteiger charge is 2.25. The van der Waals surface area contributed by atoms with E-state index < -0.39 is 22.5 Å². The molecular weight excluding hydrogens is 500 g/mol. The van der Waals surface area contributed by atoms with Crippen LogP contribution in [0.2, 0.25) is 0 Å². The molecule has 0 atom stereocenters. The Morgan fingerprint density at radius 1 is 0.838 bits per heavy atom. The number of ether oxygens (including phenoxy) is 2. The maximum absolute atomic E-state index is 13.0. The summed E-state index contributed by atoms with van der Waals surface area (Å²) in [6.45, 7) is 3.22. The maximum atomic E-state index is 13.0. The highest BCUT2D eigenvalue weighted by Crippen LogP contribution is 2.21. The lowest BCUT2D eigenvalue weighted by Crippen LogP contribution is -2.41. The smallest absolute Gasteiger partial charge is 0.256 e. The largest absolute Gasteiger partial charge is 0.378 e. The van der Waals surface area contributed by atoms with Crippen LogP contribution in [0.25, 0.3) is 0 Å². The molecule has 0 unspecified atom stereocenters. The summed E-state index contributed by atoms with van der Waals surface area (Å²) < 4.78 is 36.6. The van der Waals surface area contributed by atoms with Gasteiger partial charge < -0.3 is 24.6 Å². The van der Waals surface area contributed by atoms with Gasteiger partial charge in [0.05, 0.1) is 49.6 Å². The van der Waals surface area contributed by atoms with E-state index in [-0.39, 0.29) is 17.5 Å². The number of hydrogen-bond acceptors (Lipinski definition) is 7. The normalized spacial score (nSPS) is 16.2. The van der Waals surface area contributed by atoms with Crippen LogP contribution in [-0.4, -0.2) is 101 Å². The molecule has 12 heteroatoms. The van der Waals surface area contributed by atoms with Crippen LogP contribution in [0.1, 0.15) is 20.7 Å². The molecule has 198 valence electrons. The number of benzene rings is 2. The number of nitrogens with one attached hydrogen (secondary N) is 1. The van der Waals surface area contributed by atoms with Gasteiger partial charge in [0, 0.05) is 31.7 Å². The van der Waals surface area contributed by atoms with Gasteiger partial charge in [0.15, 0.2) is 0 Å². The Hall–Kier alpha value is -3.48. The second-order valence-electron chi connectivity index (χ2n) is 8.72. The number of nitrogens with zero attached hydrogens (tertiary/aromatic N) is 3. The van der Waals surface area contributed by atoms with Crippen LogP contribution >= 0.6 is 0 Å². The molecule has 4 rings (SSSR count). The minimum atomic E-state index is -3.83. The third-order valence-corrected chi connectivity index (χ3v) is 7.26. The van der Waals surface area contributed by atoms with Crippen molar-refractivity contribution in [2.75, 3.05) is 75.0 Å². The van der Waals surface area contributed by atoms with Gasteiger partial charge in [-0.15, -0.1) is 0 Å². The molecule has 2 aromatic carbocycles. The van der Waals surface area contributed by atoms with Crippen molar-refractivity contribution in [3.05, 3.63) is 59.7 Å². The van der Waals surface area contributed by atoms with E-state index in [0.29, 0.717) is 69.4 Å². The number of sulfonamides is 1. The van der Waals surface area contributed by atoms with Crippen molar-refractivity contribution in [3.8, 4) is 0 Å². The second kappa shape index (κ2) is 11.7. The molecule has 1 N–H and O–H groups in total. The summed E-state index contributed by atoms with van der Waals surface area (Å²) in [5.74, 6) is -1.01. The number of hydrogen-bond donors (Lipinski definition) is 1. The van der Waals surface area contributed by atoms with E-state index in [1.165, 1.54) is 12.1 Å². The van der Waals surface area contributed by atoms with Gasteiger partial charge in [-0.05, 0) is 36.4 Å². The van der Waals surface area contributed by atoms with E-state index in [2.05, 4.69) is 5.32 Å². The molecule has 11 nitrogen and oxygen atoms in total. The van der Waals surface area contributed by atoms with Crippen molar-refractivity contribution in [2.24, 2.45) is 0 Å². The monoisotopic (exact) mass is 530 g/mol. The fourth-order valence-electron chi connectivity index (χ4n) is 4.15. The van der Waals surface area contributed by atoms with Crippen LogP contribution in [0.4, 0.5) is 11.4 Å². The summed E-state index contributed by atoms with van der Waals surface area (Å²) in [6.07, 6.45) is 1.00. The van der Waals surface area contributed by atoms with E-state index in [1.807, 2.05) is 0 Å². The molecule has 2 saturated heterocycles. The Bertz CT molecular complexity index is 1240. The van der Waals surface area contributed by atoms with E-state index in [9.17, 15) is 22.8 Å². The van der Waals surface area contributed by atoms with Crippen LogP contribution in [0.3, 0.4) is 0 Å². The number of carbonyl (C=O) groups excluding carboxylic acids is 3. The van der Waals surface area contributed by atoms with Gasteiger partial charge in [0.2, 0.25) is 15.9 Å². The van der Waals surface area contributed by atoms with Crippen LogP contribution < -0.4 is 9.62 Å².